The van der Waals surface area contributed by atoms with Crippen molar-refractivity contribution in [3.63, 3.8) is 0 Å². The lowest BCUT2D eigenvalue weighted by Crippen LogP contribution is -2.58. The Morgan fingerprint density at radius 3 is 2.59 bits per heavy atom. The van der Waals surface area contributed by atoms with E-state index in [-0.39, 0.29) is 41.7 Å². The highest BCUT2D eigenvalue weighted by Crippen LogP contribution is 2.49. The number of hydrogen-bond donors (Lipinski definition) is 3. The second-order valence-electron chi connectivity index (χ2n) is 9.95. The lowest BCUT2D eigenvalue weighted by atomic mass is 9.70. The standard InChI is InChI=1S/C23H28N4O6S/c24-15-6-7-34(32,33)23(10-15)8-13(9-23)11-25-12-14-2-1-3-16-19(14)22(31)27(21(16)30)17-4-5-18(28)26-20(17)29/h1-3,13,15,17,25H,4-12,24H2,(H,26,28,29). The van der Waals surface area contributed by atoms with Crippen LogP contribution in [0.2, 0.25) is 0 Å². The first-order valence-corrected chi connectivity index (χ1v) is 13.3. The maximum absolute atomic E-state index is 13.2. The Labute approximate surface area is 197 Å². The number of carbonyl (C=O) groups excluding carboxylic acids is 4. The molecule has 2 atom stereocenters. The second-order valence-corrected chi connectivity index (χ2v) is 12.5. The Hall–Kier alpha value is -2.63. The van der Waals surface area contributed by atoms with Gasteiger partial charge < -0.3 is 11.1 Å². The molecular weight excluding hydrogens is 460 g/mol. The van der Waals surface area contributed by atoms with Gasteiger partial charge >= 0.3 is 0 Å². The minimum atomic E-state index is -3.12. The molecule has 5 rings (SSSR count). The van der Waals surface area contributed by atoms with Crippen LogP contribution in [0.15, 0.2) is 18.2 Å². The largest absolute Gasteiger partial charge is 0.328 e. The Morgan fingerprint density at radius 1 is 1.09 bits per heavy atom. The number of fused-ring (bicyclic) bond motifs is 1. The van der Waals surface area contributed by atoms with Crippen molar-refractivity contribution >= 4 is 33.5 Å². The molecule has 10 nitrogen and oxygen atoms in total. The first-order chi connectivity index (χ1) is 16.1. The highest BCUT2D eigenvalue weighted by molar-refractivity contribution is 7.92. The average Bonchev–Trinajstić information content (AvgIpc) is 3.00. The number of amides is 4. The predicted octanol–water partition coefficient (Wildman–Crippen LogP) is -0.138. The van der Waals surface area contributed by atoms with Gasteiger partial charge in [0.05, 0.1) is 21.6 Å². The van der Waals surface area contributed by atoms with Gasteiger partial charge in [0.1, 0.15) is 6.04 Å². The van der Waals surface area contributed by atoms with Crippen molar-refractivity contribution in [2.24, 2.45) is 11.7 Å². The van der Waals surface area contributed by atoms with Gasteiger partial charge in [-0.25, -0.2) is 8.42 Å². The fourth-order valence-corrected chi connectivity index (χ4v) is 8.42. The Balaban J connectivity index is 1.24. The van der Waals surface area contributed by atoms with Gasteiger partial charge in [-0.05, 0) is 56.2 Å². The van der Waals surface area contributed by atoms with Crippen LogP contribution in [0.4, 0.5) is 0 Å². The average molecular weight is 489 g/mol. The highest BCUT2D eigenvalue weighted by Gasteiger charge is 2.55. The van der Waals surface area contributed by atoms with Crippen LogP contribution in [0.25, 0.3) is 0 Å². The summed E-state index contributed by atoms with van der Waals surface area (Å²) in [6.45, 7) is 0.927. The van der Waals surface area contributed by atoms with Crippen LogP contribution in [0, 0.1) is 5.92 Å². The van der Waals surface area contributed by atoms with Gasteiger partial charge in [-0.3, -0.25) is 29.4 Å². The molecule has 34 heavy (non-hydrogen) atoms. The predicted molar refractivity (Wildman–Crippen MR) is 121 cm³/mol. The van der Waals surface area contributed by atoms with E-state index in [0.29, 0.717) is 44.3 Å². The second kappa shape index (κ2) is 8.24. The summed E-state index contributed by atoms with van der Waals surface area (Å²) in [5, 5.41) is 5.50. The fourth-order valence-electron chi connectivity index (χ4n) is 5.93. The molecule has 0 radical (unpaired) electrons. The van der Waals surface area contributed by atoms with Crippen molar-refractivity contribution < 1.29 is 27.6 Å². The van der Waals surface area contributed by atoms with Gasteiger partial charge in [-0.2, -0.15) is 0 Å². The van der Waals surface area contributed by atoms with Gasteiger partial charge in [-0.15, -0.1) is 0 Å². The number of hydrogen-bond acceptors (Lipinski definition) is 8. The number of piperidine rings is 1. The fraction of sp³-hybridized carbons (Fsp3) is 0.565. The minimum absolute atomic E-state index is 0.0693. The molecule has 4 amide bonds. The van der Waals surface area contributed by atoms with Gasteiger partial charge in [0.2, 0.25) is 11.8 Å². The maximum atomic E-state index is 13.2. The van der Waals surface area contributed by atoms with E-state index >= 15 is 0 Å². The number of nitrogens with two attached hydrogens (primary N) is 1. The molecule has 0 bridgehead atoms. The summed E-state index contributed by atoms with van der Waals surface area (Å²) in [5.74, 6) is -1.75. The molecule has 3 heterocycles. The first-order valence-electron chi connectivity index (χ1n) is 11.6. The van der Waals surface area contributed by atoms with Crippen LogP contribution in [-0.4, -0.2) is 66.1 Å². The van der Waals surface area contributed by atoms with Crippen molar-refractivity contribution in [2.75, 3.05) is 12.3 Å². The van der Waals surface area contributed by atoms with Crippen molar-refractivity contribution in [2.45, 2.75) is 61.9 Å². The molecule has 0 aromatic heterocycles. The molecule has 1 aromatic rings. The van der Waals surface area contributed by atoms with E-state index in [2.05, 4.69) is 10.6 Å². The van der Waals surface area contributed by atoms with E-state index in [1.165, 1.54) is 0 Å². The molecule has 1 aromatic carbocycles. The molecule has 4 aliphatic rings. The zero-order valence-electron chi connectivity index (χ0n) is 18.7. The van der Waals surface area contributed by atoms with Crippen LogP contribution in [0.5, 0.6) is 0 Å². The molecule has 2 saturated heterocycles. The van der Waals surface area contributed by atoms with E-state index < -0.39 is 44.3 Å². The van der Waals surface area contributed by atoms with Crippen molar-refractivity contribution in [3.05, 3.63) is 34.9 Å². The van der Waals surface area contributed by atoms with Crippen molar-refractivity contribution in [1.82, 2.24) is 15.5 Å². The molecule has 1 saturated carbocycles. The van der Waals surface area contributed by atoms with Gasteiger partial charge in [0.25, 0.3) is 11.8 Å². The molecule has 11 heteroatoms. The lowest BCUT2D eigenvalue weighted by Gasteiger charge is -2.50. The topological polar surface area (TPSA) is 156 Å². The molecule has 3 aliphatic heterocycles. The van der Waals surface area contributed by atoms with E-state index in [9.17, 15) is 27.6 Å². The highest BCUT2D eigenvalue weighted by atomic mass is 32.2. The number of sulfone groups is 1. The van der Waals surface area contributed by atoms with Gasteiger partial charge in [-0.1, -0.05) is 12.1 Å². The van der Waals surface area contributed by atoms with Crippen LogP contribution < -0.4 is 16.4 Å². The van der Waals surface area contributed by atoms with Gasteiger partial charge in [0.15, 0.2) is 9.84 Å². The molecule has 4 N–H and O–H groups in total. The number of nitrogens with zero attached hydrogens (tertiary/aromatic N) is 1. The number of rotatable bonds is 5. The van der Waals surface area contributed by atoms with Crippen LogP contribution in [0.3, 0.4) is 0 Å². The first kappa shape index (κ1) is 23.1. The van der Waals surface area contributed by atoms with E-state index in [0.717, 1.165) is 4.90 Å². The van der Waals surface area contributed by atoms with Crippen LogP contribution in [0.1, 0.15) is 64.8 Å². The summed E-state index contributed by atoms with van der Waals surface area (Å²) in [6.07, 6.45) is 2.40. The molecular formula is C23H28N4O6S. The third-order valence-electron chi connectivity index (χ3n) is 7.68. The summed E-state index contributed by atoms with van der Waals surface area (Å²) >= 11 is 0. The number of imide groups is 2. The van der Waals surface area contributed by atoms with E-state index in [1.807, 2.05) is 0 Å². The quantitative estimate of drug-likeness (QED) is 0.484. The Kier molecular flexibility index (Phi) is 5.61. The molecule has 182 valence electrons. The number of nitrogens with one attached hydrogen (secondary N) is 2. The lowest BCUT2D eigenvalue weighted by molar-refractivity contribution is -0.136. The summed E-state index contributed by atoms with van der Waals surface area (Å²) in [5.41, 5.74) is 7.20. The minimum Gasteiger partial charge on any atom is -0.328 e. The molecule has 2 unspecified atom stereocenters. The zero-order valence-corrected chi connectivity index (χ0v) is 19.5. The summed E-state index contributed by atoms with van der Waals surface area (Å²) in [6, 6.07) is 3.96. The zero-order chi connectivity index (χ0) is 24.3. The third-order valence-corrected chi connectivity index (χ3v) is 10.3. The Bertz CT molecular complexity index is 1190. The summed E-state index contributed by atoms with van der Waals surface area (Å²) < 4.78 is 24.5. The number of carbonyl (C=O) groups is 4. The number of benzene rings is 1. The van der Waals surface area contributed by atoms with Crippen LogP contribution in [-0.2, 0) is 26.0 Å². The van der Waals surface area contributed by atoms with E-state index in [1.54, 1.807) is 18.2 Å². The maximum Gasteiger partial charge on any atom is 0.262 e. The van der Waals surface area contributed by atoms with Crippen molar-refractivity contribution in [3.8, 4) is 0 Å². The van der Waals surface area contributed by atoms with E-state index in [4.69, 9.17) is 5.73 Å². The smallest absolute Gasteiger partial charge is 0.262 e. The Morgan fingerprint density at radius 2 is 1.85 bits per heavy atom. The van der Waals surface area contributed by atoms with Crippen LogP contribution >= 0.6 is 0 Å². The monoisotopic (exact) mass is 488 g/mol. The summed E-state index contributed by atoms with van der Waals surface area (Å²) in [7, 11) is -3.12. The SMILES string of the molecule is NC1CCS(=O)(=O)C2(C1)CC(CNCc1cccc3c1C(=O)N(C1CCC(=O)NC1=O)C3=O)C2. The third kappa shape index (κ3) is 3.66. The normalized spacial score (nSPS) is 32.5. The molecule has 1 aliphatic carbocycles. The molecule has 1 spiro atoms. The van der Waals surface area contributed by atoms with Crippen molar-refractivity contribution in [1.29, 1.82) is 0 Å². The summed E-state index contributed by atoms with van der Waals surface area (Å²) in [4.78, 5) is 50.8. The molecule has 3 fully saturated rings. The van der Waals surface area contributed by atoms with Gasteiger partial charge in [0, 0.05) is 19.0 Å².